The van der Waals surface area contributed by atoms with Crippen LogP contribution in [-0.4, -0.2) is 65.4 Å². The van der Waals surface area contributed by atoms with Gasteiger partial charge in [-0.3, -0.25) is 29.4 Å². The Morgan fingerprint density at radius 1 is 1.07 bits per heavy atom. The first kappa shape index (κ1) is 19.9. The molecule has 0 bridgehead atoms. The van der Waals surface area contributed by atoms with E-state index in [1.54, 1.807) is 18.2 Å². The maximum atomic E-state index is 12.9. The van der Waals surface area contributed by atoms with E-state index in [2.05, 4.69) is 15.5 Å². The SMILES string of the molecule is O=C(O)NCC1CCN(c2ccc3c(c2)C(=O)N(C2CCC(=O)NC2=O)C3=O)CC1. The fourth-order valence-corrected chi connectivity index (χ4v) is 4.28. The van der Waals surface area contributed by atoms with Crippen molar-refractivity contribution in [3.63, 3.8) is 0 Å². The number of nitrogens with zero attached hydrogens (tertiary/aromatic N) is 2. The highest BCUT2D eigenvalue weighted by Crippen LogP contribution is 2.32. The second-order valence-electron chi connectivity index (χ2n) is 7.79. The van der Waals surface area contributed by atoms with Crippen LogP contribution in [0.5, 0.6) is 0 Å². The number of fused-ring (bicyclic) bond motifs is 1. The van der Waals surface area contributed by atoms with Crippen molar-refractivity contribution in [2.45, 2.75) is 31.7 Å². The summed E-state index contributed by atoms with van der Waals surface area (Å²) in [6.45, 7) is 1.84. The molecule has 3 aliphatic heterocycles. The number of piperidine rings is 2. The highest BCUT2D eigenvalue weighted by Gasteiger charge is 2.44. The van der Waals surface area contributed by atoms with E-state index >= 15 is 0 Å². The van der Waals surface area contributed by atoms with E-state index in [0.29, 0.717) is 19.6 Å². The molecule has 3 heterocycles. The Balaban J connectivity index is 1.47. The number of anilines is 1. The molecule has 3 aliphatic rings. The van der Waals surface area contributed by atoms with Gasteiger partial charge in [-0.1, -0.05) is 0 Å². The van der Waals surface area contributed by atoms with Crippen LogP contribution < -0.4 is 15.5 Å². The Morgan fingerprint density at radius 3 is 2.43 bits per heavy atom. The molecule has 0 aliphatic carbocycles. The van der Waals surface area contributed by atoms with E-state index in [1.807, 2.05) is 0 Å². The van der Waals surface area contributed by atoms with Gasteiger partial charge in [0.15, 0.2) is 0 Å². The number of hydrogen-bond donors (Lipinski definition) is 3. The second kappa shape index (κ2) is 7.77. The molecule has 10 heteroatoms. The summed E-state index contributed by atoms with van der Waals surface area (Å²) in [5.41, 5.74) is 1.33. The zero-order valence-electron chi connectivity index (χ0n) is 16.2. The first-order chi connectivity index (χ1) is 14.3. The van der Waals surface area contributed by atoms with Gasteiger partial charge in [-0.05, 0) is 43.4 Å². The summed E-state index contributed by atoms with van der Waals surface area (Å²) in [6, 6.07) is 4.09. The van der Waals surface area contributed by atoms with Crippen LogP contribution in [-0.2, 0) is 9.59 Å². The predicted octanol–water partition coefficient (Wildman–Crippen LogP) is 0.572. The Morgan fingerprint density at radius 2 is 1.77 bits per heavy atom. The first-order valence-corrected chi connectivity index (χ1v) is 9.92. The maximum absolute atomic E-state index is 12.9. The van der Waals surface area contributed by atoms with Gasteiger partial charge in [0.25, 0.3) is 11.8 Å². The molecule has 5 amide bonds. The maximum Gasteiger partial charge on any atom is 0.404 e. The number of imide groups is 2. The number of carboxylic acid groups (broad SMARTS) is 1. The Hall–Kier alpha value is -3.43. The third-order valence-electron chi connectivity index (χ3n) is 5.94. The molecule has 1 aromatic rings. The second-order valence-corrected chi connectivity index (χ2v) is 7.79. The summed E-state index contributed by atoms with van der Waals surface area (Å²) < 4.78 is 0. The molecule has 10 nitrogen and oxygen atoms in total. The zero-order valence-corrected chi connectivity index (χ0v) is 16.2. The summed E-state index contributed by atoms with van der Waals surface area (Å²) in [6.07, 6.45) is 0.806. The highest BCUT2D eigenvalue weighted by atomic mass is 16.4. The third kappa shape index (κ3) is 3.60. The smallest absolute Gasteiger partial charge is 0.404 e. The molecule has 4 rings (SSSR count). The Kier molecular flexibility index (Phi) is 5.15. The number of hydrogen-bond acceptors (Lipinski definition) is 6. The largest absolute Gasteiger partial charge is 0.465 e. The first-order valence-electron chi connectivity index (χ1n) is 9.92. The molecule has 1 aromatic carbocycles. The lowest BCUT2D eigenvalue weighted by atomic mass is 9.96. The Bertz CT molecular complexity index is 937. The van der Waals surface area contributed by atoms with Crippen LogP contribution in [0.15, 0.2) is 18.2 Å². The van der Waals surface area contributed by atoms with Gasteiger partial charge in [0.2, 0.25) is 11.8 Å². The third-order valence-corrected chi connectivity index (χ3v) is 5.94. The van der Waals surface area contributed by atoms with Crippen LogP contribution in [0.2, 0.25) is 0 Å². The summed E-state index contributed by atoms with van der Waals surface area (Å²) in [4.78, 5) is 62.9. The van der Waals surface area contributed by atoms with Crippen LogP contribution in [0.3, 0.4) is 0 Å². The van der Waals surface area contributed by atoms with Crippen molar-refractivity contribution in [3.05, 3.63) is 29.3 Å². The average molecular weight is 414 g/mol. The number of rotatable bonds is 4. The molecule has 158 valence electrons. The van der Waals surface area contributed by atoms with E-state index in [-0.39, 0.29) is 29.9 Å². The lowest BCUT2D eigenvalue weighted by Gasteiger charge is -2.33. The molecule has 0 aromatic heterocycles. The fraction of sp³-hybridized carbons (Fsp3) is 0.450. The molecule has 3 N–H and O–H groups in total. The van der Waals surface area contributed by atoms with Gasteiger partial charge in [0, 0.05) is 31.7 Å². The molecule has 1 unspecified atom stereocenters. The zero-order chi connectivity index (χ0) is 21.4. The lowest BCUT2D eigenvalue weighted by Crippen LogP contribution is -2.54. The van der Waals surface area contributed by atoms with E-state index in [0.717, 1.165) is 23.4 Å². The number of carbonyl (C=O) groups is 5. The lowest BCUT2D eigenvalue weighted by molar-refractivity contribution is -0.136. The van der Waals surface area contributed by atoms with E-state index in [9.17, 15) is 24.0 Å². The number of carbonyl (C=O) groups excluding carboxylic acids is 4. The van der Waals surface area contributed by atoms with Gasteiger partial charge in [-0.15, -0.1) is 0 Å². The van der Waals surface area contributed by atoms with Gasteiger partial charge < -0.3 is 15.3 Å². The fourth-order valence-electron chi connectivity index (χ4n) is 4.28. The molecule has 0 saturated carbocycles. The molecule has 1 atom stereocenters. The van der Waals surface area contributed by atoms with Crippen LogP contribution >= 0.6 is 0 Å². The van der Waals surface area contributed by atoms with E-state index in [1.165, 1.54) is 0 Å². The molecule has 0 radical (unpaired) electrons. The molecule has 30 heavy (non-hydrogen) atoms. The minimum Gasteiger partial charge on any atom is -0.465 e. The van der Waals surface area contributed by atoms with Gasteiger partial charge in [0.05, 0.1) is 11.1 Å². The molecule has 0 spiro atoms. The van der Waals surface area contributed by atoms with Gasteiger partial charge in [-0.2, -0.15) is 0 Å². The van der Waals surface area contributed by atoms with Crippen LogP contribution in [0.25, 0.3) is 0 Å². The highest BCUT2D eigenvalue weighted by molar-refractivity contribution is 6.23. The van der Waals surface area contributed by atoms with Gasteiger partial charge in [-0.25, -0.2) is 4.79 Å². The summed E-state index contributed by atoms with van der Waals surface area (Å²) >= 11 is 0. The summed E-state index contributed by atoms with van der Waals surface area (Å²) in [7, 11) is 0. The van der Waals surface area contributed by atoms with Crippen LogP contribution in [0, 0.1) is 5.92 Å². The quantitative estimate of drug-likeness (QED) is 0.613. The van der Waals surface area contributed by atoms with Crippen molar-refractivity contribution in [2.24, 2.45) is 5.92 Å². The number of benzene rings is 1. The molecular formula is C20H22N4O6. The minimum atomic E-state index is -1.03. The number of nitrogens with one attached hydrogen (secondary N) is 2. The summed E-state index contributed by atoms with van der Waals surface area (Å²) in [5.74, 6) is -1.81. The van der Waals surface area contributed by atoms with E-state index < -0.39 is 35.8 Å². The van der Waals surface area contributed by atoms with Crippen LogP contribution in [0.4, 0.5) is 10.5 Å². The normalized spacial score (nSPS) is 22.2. The molecule has 2 saturated heterocycles. The van der Waals surface area contributed by atoms with Crippen molar-refractivity contribution in [3.8, 4) is 0 Å². The standard InChI is InChI=1S/C20H22N4O6/c25-16-4-3-15(17(26)22-16)24-18(27)13-2-1-12(9-14(13)19(24)28)23-7-5-11(6-8-23)10-21-20(29)30/h1-2,9,11,15,21H,3-8,10H2,(H,29,30)(H,22,25,26). The summed E-state index contributed by atoms with van der Waals surface area (Å²) in [5, 5.41) is 13.3. The number of amides is 5. The van der Waals surface area contributed by atoms with Crippen molar-refractivity contribution in [1.29, 1.82) is 0 Å². The minimum absolute atomic E-state index is 0.0841. The van der Waals surface area contributed by atoms with Crippen molar-refractivity contribution in [1.82, 2.24) is 15.5 Å². The van der Waals surface area contributed by atoms with Crippen molar-refractivity contribution < 1.29 is 29.1 Å². The topological polar surface area (TPSA) is 136 Å². The van der Waals surface area contributed by atoms with Gasteiger partial charge >= 0.3 is 6.09 Å². The average Bonchev–Trinajstić information content (AvgIpc) is 2.97. The van der Waals surface area contributed by atoms with Crippen LogP contribution in [0.1, 0.15) is 46.4 Å². The predicted molar refractivity (Wildman–Crippen MR) is 104 cm³/mol. The Labute approximate surface area is 172 Å². The van der Waals surface area contributed by atoms with Crippen molar-refractivity contribution >= 4 is 35.4 Å². The molecule has 2 fully saturated rings. The molecular weight excluding hydrogens is 392 g/mol. The monoisotopic (exact) mass is 414 g/mol. The van der Waals surface area contributed by atoms with E-state index in [4.69, 9.17) is 5.11 Å². The van der Waals surface area contributed by atoms with Gasteiger partial charge in [0.1, 0.15) is 6.04 Å². The van der Waals surface area contributed by atoms with Crippen molar-refractivity contribution in [2.75, 3.05) is 24.5 Å².